The zero-order valence-corrected chi connectivity index (χ0v) is 13.5. The van der Waals surface area contributed by atoms with Gasteiger partial charge in [-0.15, -0.1) is 0 Å². The largest absolute Gasteiger partial charge is 0.310 e. The quantitative estimate of drug-likeness (QED) is 0.769. The van der Waals surface area contributed by atoms with E-state index >= 15 is 0 Å². The molecular weight excluding hydrogens is 324 g/mol. The average molecular weight is 339 g/mol. The highest BCUT2D eigenvalue weighted by Gasteiger charge is 2.30. The van der Waals surface area contributed by atoms with Gasteiger partial charge in [-0.3, -0.25) is 4.79 Å². The van der Waals surface area contributed by atoms with Crippen molar-refractivity contribution in [2.45, 2.75) is 19.3 Å². The Labute approximate surface area is 143 Å². The van der Waals surface area contributed by atoms with E-state index in [1.54, 1.807) is 10.9 Å². The van der Waals surface area contributed by atoms with Crippen LogP contribution >= 0.6 is 0 Å². The van der Waals surface area contributed by atoms with E-state index in [9.17, 15) is 13.6 Å². The molecule has 2 heterocycles. The van der Waals surface area contributed by atoms with Crippen LogP contribution in [0.4, 0.5) is 14.6 Å². The van der Waals surface area contributed by atoms with Crippen LogP contribution in [0.25, 0.3) is 5.69 Å². The minimum absolute atomic E-state index is 0.121. The normalized spacial score (nSPS) is 16.4. The third-order valence-corrected chi connectivity index (χ3v) is 4.39. The highest BCUT2D eigenvalue weighted by Crippen LogP contribution is 2.38. The van der Waals surface area contributed by atoms with Crippen LogP contribution < -0.4 is 5.32 Å². The number of aromatic nitrogens is 2. The van der Waals surface area contributed by atoms with Crippen LogP contribution in [0.5, 0.6) is 0 Å². The Balaban J connectivity index is 1.82. The lowest BCUT2D eigenvalue weighted by atomic mass is 9.87. The van der Waals surface area contributed by atoms with Crippen LogP contribution in [-0.4, -0.2) is 15.7 Å². The first-order valence-electron chi connectivity index (χ1n) is 7.92. The lowest BCUT2D eigenvalue weighted by Gasteiger charge is -2.24. The number of nitrogens with zero attached hydrogens (tertiary/aromatic N) is 2. The SMILES string of the molecule is Cc1ccc(-n2ncc3c2NC(=O)CC3c2cc(F)cc(F)c2)cc1. The van der Waals surface area contributed by atoms with Crippen molar-refractivity contribution in [3.63, 3.8) is 0 Å². The zero-order valence-electron chi connectivity index (χ0n) is 13.5. The number of nitrogens with one attached hydrogen (secondary N) is 1. The summed E-state index contributed by atoms with van der Waals surface area (Å²) >= 11 is 0. The number of fused-ring (bicyclic) bond motifs is 1. The molecule has 0 saturated carbocycles. The lowest BCUT2D eigenvalue weighted by molar-refractivity contribution is -0.116. The summed E-state index contributed by atoms with van der Waals surface area (Å²) in [5.41, 5.74) is 3.09. The van der Waals surface area contributed by atoms with Crippen molar-refractivity contribution in [1.82, 2.24) is 9.78 Å². The van der Waals surface area contributed by atoms with Gasteiger partial charge < -0.3 is 5.32 Å². The predicted octanol–water partition coefficient (Wildman–Crippen LogP) is 3.93. The summed E-state index contributed by atoms with van der Waals surface area (Å²) in [5, 5.41) is 7.19. The fourth-order valence-electron chi connectivity index (χ4n) is 3.18. The highest BCUT2D eigenvalue weighted by molar-refractivity contribution is 5.94. The number of halogens is 2. The van der Waals surface area contributed by atoms with Crippen molar-refractivity contribution in [3.8, 4) is 5.69 Å². The van der Waals surface area contributed by atoms with Crippen LogP contribution in [-0.2, 0) is 4.79 Å². The molecule has 1 aliphatic rings. The van der Waals surface area contributed by atoms with Gasteiger partial charge in [-0.1, -0.05) is 17.7 Å². The maximum atomic E-state index is 13.6. The van der Waals surface area contributed by atoms with Gasteiger partial charge in [0, 0.05) is 24.0 Å². The fourth-order valence-corrected chi connectivity index (χ4v) is 3.18. The first kappa shape index (κ1) is 15.5. The molecule has 4 nitrogen and oxygen atoms in total. The number of hydrogen-bond acceptors (Lipinski definition) is 2. The van der Waals surface area contributed by atoms with Gasteiger partial charge in [-0.2, -0.15) is 5.10 Å². The van der Waals surface area contributed by atoms with Gasteiger partial charge in [0.05, 0.1) is 11.9 Å². The molecule has 0 spiro atoms. The minimum atomic E-state index is -0.659. The van der Waals surface area contributed by atoms with Crippen molar-refractivity contribution in [1.29, 1.82) is 0 Å². The highest BCUT2D eigenvalue weighted by atomic mass is 19.1. The van der Waals surface area contributed by atoms with E-state index in [-0.39, 0.29) is 12.3 Å². The number of hydrogen-bond donors (Lipinski definition) is 1. The molecule has 0 saturated heterocycles. The Morgan fingerprint density at radius 3 is 2.48 bits per heavy atom. The first-order valence-corrected chi connectivity index (χ1v) is 7.92. The predicted molar refractivity (Wildman–Crippen MR) is 89.7 cm³/mol. The number of carbonyl (C=O) groups is 1. The van der Waals surface area contributed by atoms with Gasteiger partial charge in [0.25, 0.3) is 0 Å². The Bertz CT molecular complexity index is 943. The van der Waals surface area contributed by atoms with E-state index in [1.807, 2.05) is 31.2 Å². The molecule has 1 aliphatic heterocycles. The summed E-state index contributed by atoms with van der Waals surface area (Å²) in [7, 11) is 0. The second kappa shape index (κ2) is 5.81. The Kier molecular flexibility index (Phi) is 3.60. The summed E-state index contributed by atoms with van der Waals surface area (Å²) in [6, 6.07) is 11.1. The average Bonchev–Trinajstić information content (AvgIpc) is 2.97. The second-order valence-electron chi connectivity index (χ2n) is 6.20. The van der Waals surface area contributed by atoms with Crippen LogP contribution in [0.15, 0.2) is 48.7 Å². The van der Waals surface area contributed by atoms with E-state index in [1.165, 1.54) is 12.1 Å². The lowest BCUT2D eigenvalue weighted by Crippen LogP contribution is -2.24. The Morgan fingerprint density at radius 2 is 1.80 bits per heavy atom. The molecule has 1 atom stereocenters. The molecule has 4 rings (SSSR count). The molecule has 3 aromatic rings. The van der Waals surface area contributed by atoms with E-state index < -0.39 is 17.6 Å². The van der Waals surface area contributed by atoms with Crippen molar-refractivity contribution >= 4 is 11.7 Å². The molecule has 6 heteroatoms. The monoisotopic (exact) mass is 339 g/mol. The van der Waals surface area contributed by atoms with Crippen LogP contribution in [0, 0.1) is 18.6 Å². The number of rotatable bonds is 2. The Morgan fingerprint density at radius 1 is 1.12 bits per heavy atom. The molecule has 0 aliphatic carbocycles. The van der Waals surface area contributed by atoms with E-state index in [0.717, 1.165) is 22.9 Å². The van der Waals surface area contributed by atoms with Crippen molar-refractivity contribution in [2.75, 3.05) is 5.32 Å². The smallest absolute Gasteiger partial charge is 0.226 e. The summed E-state index contributed by atoms with van der Waals surface area (Å²) in [4.78, 5) is 12.2. The number of aryl methyl sites for hydroxylation is 1. The van der Waals surface area contributed by atoms with E-state index in [0.29, 0.717) is 11.4 Å². The minimum Gasteiger partial charge on any atom is -0.310 e. The molecule has 0 radical (unpaired) electrons. The molecule has 25 heavy (non-hydrogen) atoms. The van der Waals surface area contributed by atoms with Crippen molar-refractivity contribution < 1.29 is 13.6 Å². The van der Waals surface area contributed by atoms with Gasteiger partial charge in [0.15, 0.2) is 0 Å². The van der Waals surface area contributed by atoms with Gasteiger partial charge in [0.2, 0.25) is 5.91 Å². The van der Waals surface area contributed by atoms with Crippen molar-refractivity contribution in [3.05, 3.63) is 77.0 Å². The van der Waals surface area contributed by atoms with E-state index in [4.69, 9.17) is 0 Å². The number of benzene rings is 2. The fraction of sp³-hybridized carbons (Fsp3) is 0.158. The van der Waals surface area contributed by atoms with Crippen molar-refractivity contribution in [2.24, 2.45) is 0 Å². The molecule has 1 N–H and O–H groups in total. The van der Waals surface area contributed by atoms with E-state index in [2.05, 4.69) is 10.4 Å². The topological polar surface area (TPSA) is 46.9 Å². The van der Waals surface area contributed by atoms with Gasteiger partial charge in [0.1, 0.15) is 17.5 Å². The summed E-state index contributed by atoms with van der Waals surface area (Å²) in [6.07, 6.45) is 1.76. The molecule has 1 amide bonds. The summed E-state index contributed by atoms with van der Waals surface area (Å²) in [5.74, 6) is -1.43. The van der Waals surface area contributed by atoms with Crippen LogP contribution in [0.3, 0.4) is 0 Å². The molecule has 1 unspecified atom stereocenters. The molecule has 1 aromatic heterocycles. The maximum Gasteiger partial charge on any atom is 0.226 e. The molecule has 2 aromatic carbocycles. The second-order valence-corrected chi connectivity index (χ2v) is 6.20. The van der Waals surface area contributed by atoms with Gasteiger partial charge in [-0.05, 0) is 36.8 Å². The molecule has 126 valence electrons. The summed E-state index contributed by atoms with van der Waals surface area (Å²) in [6.45, 7) is 1.98. The molecular formula is C19H15F2N3O. The number of carbonyl (C=O) groups excluding carboxylic acids is 1. The first-order chi connectivity index (χ1) is 12.0. The molecule has 0 fully saturated rings. The van der Waals surface area contributed by atoms with Gasteiger partial charge in [-0.25, -0.2) is 13.5 Å². The maximum absolute atomic E-state index is 13.6. The summed E-state index contributed by atoms with van der Waals surface area (Å²) < 4.78 is 28.8. The Hall–Kier alpha value is -3.02. The number of anilines is 1. The third-order valence-electron chi connectivity index (χ3n) is 4.39. The zero-order chi connectivity index (χ0) is 17.6. The van der Waals surface area contributed by atoms with Crippen LogP contribution in [0.2, 0.25) is 0 Å². The number of amides is 1. The van der Waals surface area contributed by atoms with Gasteiger partial charge >= 0.3 is 0 Å². The third kappa shape index (κ3) is 2.80. The standard InChI is InChI=1S/C19H15F2N3O/c1-11-2-4-15(5-3-11)24-19-17(10-22-24)16(9-18(25)23-19)12-6-13(20)8-14(21)7-12/h2-8,10,16H,9H2,1H3,(H,23,25). The molecule has 0 bridgehead atoms. The van der Waals surface area contributed by atoms with Crippen LogP contribution in [0.1, 0.15) is 29.0 Å².